The molecular formula is C12H22ClN5O2S2. The molecule has 0 atom stereocenters. The molecule has 0 aliphatic heterocycles. The Kier molecular flexibility index (Phi) is 11.0. The van der Waals surface area contributed by atoms with Crippen LogP contribution in [0, 0.1) is 10.1 Å². The van der Waals surface area contributed by atoms with Crippen LogP contribution in [0.2, 0.25) is 0 Å². The van der Waals surface area contributed by atoms with Gasteiger partial charge in [0, 0.05) is 37.0 Å². The van der Waals surface area contributed by atoms with Gasteiger partial charge in [0.15, 0.2) is 5.82 Å². The number of aromatic nitrogens is 1. The molecule has 0 bridgehead atoms. The van der Waals surface area contributed by atoms with E-state index in [0.717, 1.165) is 35.0 Å². The van der Waals surface area contributed by atoms with Gasteiger partial charge in [-0.3, -0.25) is 10.1 Å². The van der Waals surface area contributed by atoms with Crippen molar-refractivity contribution in [2.24, 2.45) is 0 Å². The fraction of sp³-hybridized carbons (Fsp3) is 0.583. The predicted molar refractivity (Wildman–Crippen MR) is 95.1 cm³/mol. The Morgan fingerprint density at radius 3 is 2.91 bits per heavy atom. The third-order valence-electron chi connectivity index (χ3n) is 2.37. The summed E-state index contributed by atoms with van der Waals surface area (Å²) in [6, 6.07) is 0. The number of nitrogens with one attached hydrogen (secondary N) is 2. The van der Waals surface area contributed by atoms with Gasteiger partial charge in [-0.25, -0.2) is 4.98 Å². The van der Waals surface area contributed by atoms with Gasteiger partial charge in [0.2, 0.25) is 0 Å². The first-order valence-electron chi connectivity index (χ1n) is 6.44. The van der Waals surface area contributed by atoms with Crippen LogP contribution < -0.4 is 10.6 Å². The second-order valence-corrected chi connectivity index (χ2v) is 6.58. The van der Waals surface area contributed by atoms with Crippen molar-refractivity contribution in [2.75, 3.05) is 33.4 Å². The molecule has 0 saturated carbocycles. The summed E-state index contributed by atoms with van der Waals surface area (Å²) in [5.74, 6) is 2.14. The van der Waals surface area contributed by atoms with E-state index in [1.165, 1.54) is 0 Å². The van der Waals surface area contributed by atoms with Gasteiger partial charge in [-0.2, -0.15) is 11.8 Å². The van der Waals surface area contributed by atoms with Gasteiger partial charge in [0.05, 0.1) is 10.6 Å². The van der Waals surface area contributed by atoms with E-state index >= 15 is 0 Å². The van der Waals surface area contributed by atoms with E-state index in [1.54, 1.807) is 30.1 Å². The molecule has 0 aromatic carbocycles. The predicted octanol–water partition coefficient (Wildman–Crippen LogP) is 1.74. The summed E-state index contributed by atoms with van der Waals surface area (Å²) in [7, 11) is 5.70. The van der Waals surface area contributed by atoms with Crippen molar-refractivity contribution in [1.29, 1.82) is 0 Å². The van der Waals surface area contributed by atoms with Crippen molar-refractivity contribution in [3.8, 4) is 0 Å². The van der Waals surface area contributed by atoms with Crippen molar-refractivity contribution in [1.82, 2.24) is 20.5 Å². The summed E-state index contributed by atoms with van der Waals surface area (Å²) < 4.78 is 0. The lowest BCUT2D eigenvalue weighted by Crippen LogP contribution is -2.26. The summed E-state index contributed by atoms with van der Waals surface area (Å²) in [4.78, 5) is 16.5. The average Bonchev–Trinajstić information content (AvgIpc) is 2.83. The third kappa shape index (κ3) is 9.08. The second kappa shape index (κ2) is 11.5. The van der Waals surface area contributed by atoms with Crippen LogP contribution in [0.1, 0.15) is 10.7 Å². The van der Waals surface area contributed by atoms with Crippen molar-refractivity contribution < 1.29 is 4.92 Å². The molecule has 22 heavy (non-hydrogen) atoms. The molecule has 0 amide bonds. The zero-order chi connectivity index (χ0) is 15.7. The highest BCUT2D eigenvalue weighted by molar-refractivity contribution is 7.98. The Bertz CT molecular complexity index is 482. The fourth-order valence-corrected chi connectivity index (χ4v) is 3.26. The van der Waals surface area contributed by atoms with Crippen LogP contribution in [-0.4, -0.2) is 48.2 Å². The van der Waals surface area contributed by atoms with Gasteiger partial charge in [0.25, 0.3) is 6.20 Å². The molecule has 0 aliphatic rings. The number of nitro groups is 1. The summed E-state index contributed by atoms with van der Waals surface area (Å²) in [5, 5.41) is 19.3. The standard InChI is InChI=1S/C12H21N5O2S2.ClH/c1-13-11(6-17(18)19)14-4-5-20-8-10-9-21-12(15-10)7-16(2)3;/h6,9,13-14H,4-5,7-8H2,1-3H3;1H/b11-6+;. The molecular weight excluding hydrogens is 346 g/mol. The van der Waals surface area contributed by atoms with Gasteiger partial charge in [0.1, 0.15) is 5.01 Å². The summed E-state index contributed by atoms with van der Waals surface area (Å²) >= 11 is 3.43. The van der Waals surface area contributed by atoms with Gasteiger partial charge in [-0.15, -0.1) is 23.7 Å². The molecule has 126 valence electrons. The normalized spacial score (nSPS) is 11.2. The molecule has 0 unspecified atom stereocenters. The molecule has 1 heterocycles. The zero-order valence-corrected chi connectivity index (χ0v) is 15.3. The monoisotopic (exact) mass is 367 g/mol. The van der Waals surface area contributed by atoms with E-state index in [9.17, 15) is 10.1 Å². The van der Waals surface area contributed by atoms with Crippen molar-refractivity contribution >= 4 is 35.5 Å². The number of thioether (sulfide) groups is 1. The highest BCUT2D eigenvalue weighted by atomic mass is 35.5. The molecule has 0 aliphatic carbocycles. The van der Waals surface area contributed by atoms with Gasteiger partial charge in [-0.05, 0) is 14.1 Å². The van der Waals surface area contributed by atoms with Crippen molar-refractivity contribution in [3.05, 3.63) is 38.2 Å². The van der Waals surface area contributed by atoms with Crippen LogP contribution >= 0.6 is 35.5 Å². The molecule has 0 radical (unpaired) electrons. The van der Waals surface area contributed by atoms with E-state index in [2.05, 4.69) is 25.9 Å². The van der Waals surface area contributed by atoms with Crippen LogP contribution in [0.4, 0.5) is 0 Å². The molecule has 10 heteroatoms. The van der Waals surface area contributed by atoms with E-state index in [4.69, 9.17) is 0 Å². The molecule has 7 nitrogen and oxygen atoms in total. The molecule has 1 aromatic rings. The first kappa shape index (κ1) is 21.0. The highest BCUT2D eigenvalue weighted by Gasteiger charge is 2.04. The minimum atomic E-state index is -0.479. The second-order valence-electron chi connectivity index (χ2n) is 4.53. The summed E-state index contributed by atoms with van der Waals surface area (Å²) in [6.07, 6.45) is 0.929. The maximum atomic E-state index is 10.4. The van der Waals surface area contributed by atoms with Crippen LogP contribution in [0.15, 0.2) is 17.4 Å². The van der Waals surface area contributed by atoms with E-state index in [1.807, 2.05) is 14.1 Å². The molecule has 1 rings (SSSR count). The smallest absolute Gasteiger partial charge is 0.274 e. The Hall–Kier alpha value is -1.03. The number of rotatable bonds is 10. The Balaban J connectivity index is 0.00000441. The Labute approximate surface area is 145 Å². The topological polar surface area (TPSA) is 83.3 Å². The minimum absolute atomic E-state index is 0. The first-order chi connectivity index (χ1) is 10.0. The lowest BCUT2D eigenvalue weighted by atomic mass is 10.5. The lowest BCUT2D eigenvalue weighted by molar-refractivity contribution is -0.404. The number of thiazole rings is 1. The van der Waals surface area contributed by atoms with Crippen LogP contribution in [0.3, 0.4) is 0 Å². The highest BCUT2D eigenvalue weighted by Crippen LogP contribution is 2.16. The van der Waals surface area contributed by atoms with Gasteiger partial charge in [-0.1, -0.05) is 0 Å². The van der Waals surface area contributed by atoms with Crippen LogP contribution in [0.5, 0.6) is 0 Å². The fourth-order valence-electron chi connectivity index (χ4n) is 1.50. The van der Waals surface area contributed by atoms with Gasteiger partial charge >= 0.3 is 0 Å². The van der Waals surface area contributed by atoms with Crippen molar-refractivity contribution in [2.45, 2.75) is 12.3 Å². The molecule has 1 aromatic heterocycles. The SMILES string of the molecule is CN/C(=C\[N+](=O)[O-])NCCSCc1csc(CN(C)C)n1.Cl. The minimum Gasteiger partial charge on any atom is -0.370 e. The van der Waals surface area contributed by atoms with E-state index < -0.39 is 4.92 Å². The van der Waals surface area contributed by atoms with Gasteiger partial charge < -0.3 is 15.5 Å². The van der Waals surface area contributed by atoms with Crippen molar-refractivity contribution in [3.63, 3.8) is 0 Å². The third-order valence-corrected chi connectivity index (χ3v) is 4.24. The lowest BCUT2D eigenvalue weighted by Gasteiger charge is -2.07. The average molecular weight is 368 g/mol. The Morgan fingerprint density at radius 2 is 2.32 bits per heavy atom. The quantitative estimate of drug-likeness (QED) is 0.370. The largest absolute Gasteiger partial charge is 0.370 e. The summed E-state index contributed by atoms with van der Waals surface area (Å²) in [5.41, 5.74) is 1.09. The molecule has 0 fully saturated rings. The zero-order valence-electron chi connectivity index (χ0n) is 12.9. The number of halogens is 1. The van der Waals surface area contributed by atoms with E-state index in [-0.39, 0.29) is 12.4 Å². The summed E-state index contributed by atoms with van der Waals surface area (Å²) in [6.45, 7) is 1.54. The maximum Gasteiger partial charge on any atom is 0.274 e. The molecule has 2 N–H and O–H groups in total. The number of nitrogens with zero attached hydrogens (tertiary/aromatic N) is 3. The number of hydrogen-bond acceptors (Lipinski definition) is 8. The Morgan fingerprint density at radius 1 is 1.59 bits per heavy atom. The number of hydrogen-bond donors (Lipinski definition) is 2. The first-order valence-corrected chi connectivity index (χ1v) is 8.47. The molecule has 0 spiro atoms. The molecule has 0 saturated heterocycles. The maximum absolute atomic E-state index is 10.4. The van der Waals surface area contributed by atoms with E-state index in [0.29, 0.717) is 12.4 Å². The van der Waals surface area contributed by atoms with Crippen LogP contribution in [0.25, 0.3) is 0 Å². The van der Waals surface area contributed by atoms with Crippen LogP contribution in [-0.2, 0) is 12.3 Å².